The van der Waals surface area contributed by atoms with Crippen LogP contribution in [0, 0.1) is 17.0 Å². The number of aryl methyl sites for hydroxylation is 1. The molecule has 1 amide bonds. The van der Waals surface area contributed by atoms with Crippen molar-refractivity contribution in [3.63, 3.8) is 0 Å². The summed E-state index contributed by atoms with van der Waals surface area (Å²) in [6.07, 6.45) is 0.488. The highest BCUT2D eigenvalue weighted by molar-refractivity contribution is 6.04. The standard InChI is InChI=1S/C28H23N3O6/c1-18-6-5-8-21(16-18)28(33)37-26-15-10-20-7-3-4-9-24(20)25(26)17-29-30-27(32)19(2)36-23-13-11-22(12-14-23)31(34)35/h3-17,19H,1-2H3,(H,30,32)/b29-17+. The maximum absolute atomic E-state index is 12.8. The molecular weight excluding hydrogens is 474 g/mol. The van der Waals surface area contributed by atoms with Gasteiger partial charge in [0.15, 0.2) is 6.10 Å². The average Bonchev–Trinajstić information content (AvgIpc) is 2.89. The molecule has 9 heteroatoms. The molecule has 37 heavy (non-hydrogen) atoms. The number of nitrogens with one attached hydrogen (secondary N) is 1. The minimum absolute atomic E-state index is 0.0805. The third-order valence-corrected chi connectivity index (χ3v) is 5.49. The molecule has 0 aliphatic heterocycles. The van der Waals surface area contributed by atoms with E-state index in [1.165, 1.54) is 37.4 Å². The molecule has 1 unspecified atom stereocenters. The summed E-state index contributed by atoms with van der Waals surface area (Å²) in [5.41, 5.74) is 4.21. The van der Waals surface area contributed by atoms with Crippen LogP contribution in [0.3, 0.4) is 0 Å². The molecule has 0 aliphatic carbocycles. The first-order valence-corrected chi connectivity index (χ1v) is 11.4. The normalized spacial score (nSPS) is 11.7. The SMILES string of the molecule is Cc1cccc(C(=O)Oc2ccc3ccccc3c2/C=N/NC(=O)C(C)Oc2ccc([N+](=O)[O-])cc2)c1. The second kappa shape index (κ2) is 11.1. The van der Waals surface area contributed by atoms with E-state index in [1.807, 2.05) is 43.3 Å². The van der Waals surface area contributed by atoms with Gasteiger partial charge in [0, 0.05) is 17.7 Å². The van der Waals surface area contributed by atoms with Crippen LogP contribution >= 0.6 is 0 Å². The molecule has 0 radical (unpaired) electrons. The van der Waals surface area contributed by atoms with Gasteiger partial charge in [-0.05, 0) is 55.0 Å². The Morgan fingerprint density at radius 1 is 1.00 bits per heavy atom. The number of hydrazone groups is 1. The first-order valence-electron chi connectivity index (χ1n) is 11.4. The van der Waals surface area contributed by atoms with Crippen LogP contribution in [0.5, 0.6) is 11.5 Å². The predicted octanol–water partition coefficient (Wildman–Crippen LogP) is 5.19. The number of ether oxygens (including phenoxy) is 2. The summed E-state index contributed by atoms with van der Waals surface area (Å²) >= 11 is 0. The molecule has 0 aromatic heterocycles. The van der Waals surface area contributed by atoms with E-state index in [0.29, 0.717) is 22.6 Å². The number of non-ortho nitro benzene ring substituents is 1. The number of carbonyl (C=O) groups excluding carboxylic acids is 2. The van der Waals surface area contributed by atoms with Crippen LogP contribution in [0.15, 0.2) is 90.0 Å². The van der Waals surface area contributed by atoms with Crippen molar-refractivity contribution >= 4 is 34.6 Å². The molecule has 0 saturated heterocycles. The summed E-state index contributed by atoms with van der Waals surface area (Å²) in [5, 5.41) is 16.5. The number of hydrogen-bond donors (Lipinski definition) is 1. The van der Waals surface area contributed by atoms with Crippen molar-refractivity contribution < 1.29 is 24.0 Å². The molecule has 4 rings (SSSR count). The van der Waals surface area contributed by atoms with Crippen LogP contribution in [0.2, 0.25) is 0 Å². The first kappa shape index (κ1) is 25.1. The van der Waals surface area contributed by atoms with E-state index in [2.05, 4.69) is 10.5 Å². The Bertz CT molecular complexity index is 1500. The van der Waals surface area contributed by atoms with Gasteiger partial charge in [-0.25, -0.2) is 10.2 Å². The number of nitro benzene ring substituents is 1. The lowest BCUT2D eigenvalue weighted by atomic mass is 10.0. The van der Waals surface area contributed by atoms with Crippen LogP contribution in [0.1, 0.15) is 28.4 Å². The van der Waals surface area contributed by atoms with Crippen molar-refractivity contribution in [2.24, 2.45) is 5.10 Å². The summed E-state index contributed by atoms with van der Waals surface area (Å²) < 4.78 is 11.2. The van der Waals surface area contributed by atoms with Gasteiger partial charge in [0.05, 0.1) is 16.7 Å². The molecule has 0 spiro atoms. The Morgan fingerprint density at radius 2 is 1.76 bits per heavy atom. The highest BCUT2D eigenvalue weighted by atomic mass is 16.6. The van der Waals surface area contributed by atoms with Gasteiger partial charge in [-0.2, -0.15) is 5.10 Å². The van der Waals surface area contributed by atoms with Gasteiger partial charge < -0.3 is 9.47 Å². The number of carbonyl (C=O) groups is 2. The molecule has 0 saturated carbocycles. The summed E-state index contributed by atoms with van der Waals surface area (Å²) in [4.78, 5) is 35.5. The second-order valence-corrected chi connectivity index (χ2v) is 8.20. The summed E-state index contributed by atoms with van der Waals surface area (Å²) in [5.74, 6) is -0.453. The monoisotopic (exact) mass is 497 g/mol. The lowest BCUT2D eigenvalue weighted by Crippen LogP contribution is -2.33. The van der Waals surface area contributed by atoms with Crippen LogP contribution in [0.4, 0.5) is 5.69 Å². The molecule has 186 valence electrons. The summed E-state index contributed by atoms with van der Waals surface area (Å²) in [6.45, 7) is 3.42. The van der Waals surface area contributed by atoms with Gasteiger partial charge in [0.2, 0.25) is 0 Å². The molecule has 0 heterocycles. The topological polar surface area (TPSA) is 120 Å². The molecule has 1 N–H and O–H groups in total. The van der Waals surface area contributed by atoms with E-state index in [0.717, 1.165) is 16.3 Å². The maximum Gasteiger partial charge on any atom is 0.343 e. The van der Waals surface area contributed by atoms with Crippen molar-refractivity contribution in [2.45, 2.75) is 20.0 Å². The predicted molar refractivity (Wildman–Crippen MR) is 139 cm³/mol. The number of hydrogen-bond acceptors (Lipinski definition) is 7. The van der Waals surface area contributed by atoms with Crippen molar-refractivity contribution in [3.05, 3.63) is 112 Å². The van der Waals surface area contributed by atoms with Crippen LogP contribution in [-0.4, -0.2) is 29.1 Å². The Labute approximate surface area is 212 Å². The number of rotatable bonds is 8. The van der Waals surface area contributed by atoms with Crippen molar-refractivity contribution in [1.82, 2.24) is 5.43 Å². The van der Waals surface area contributed by atoms with Crippen molar-refractivity contribution in [2.75, 3.05) is 0 Å². The Kier molecular flexibility index (Phi) is 7.53. The van der Waals surface area contributed by atoms with Gasteiger partial charge in [0.25, 0.3) is 11.6 Å². The summed E-state index contributed by atoms with van der Waals surface area (Å²) in [7, 11) is 0. The molecule has 1 atom stereocenters. The maximum atomic E-state index is 12.8. The highest BCUT2D eigenvalue weighted by Gasteiger charge is 2.16. The zero-order chi connectivity index (χ0) is 26.4. The molecular formula is C28H23N3O6. The third-order valence-electron chi connectivity index (χ3n) is 5.49. The van der Waals surface area contributed by atoms with E-state index < -0.39 is 22.9 Å². The number of nitro groups is 1. The number of amides is 1. The number of fused-ring (bicyclic) bond motifs is 1. The quantitative estimate of drug-likeness (QED) is 0.118. The Hall–Kier alpha value is -5.05. The fourth-order valence-corrected chi connectivity index (χ4v) is 3.58. The lowest BCUT2D eigenvalue weighted by Gasteiger charge is -2.13. The first-order chi connectivity index (χ1) is 17.8. The zero-order valence-corrected chi connectivity index (χ0v) is 20.1. The van der Waals surface area contributed by atoms with Crippen LogP contribution in [-0.2, 0) is 4.79 Å². The van der Waals surface area contributed by atoms with Crippen molar-refractivity contribution in [1.29, 1.82) is 0 Å². The largest absolute Gasteiger partial charge is 0.481 e. The van der Waals surface area contributed by atoms with Gasteiger partial charge in [-0.1, -0.05) is 48.0 Å². The number of benzene rings is 4. The van der Waals surface area contributed by atoms with Gasteiger partial charge in [-0.3, -0.25) is 14.9 Å². The second-order valence-electron chi connectivity index (χ2n) is 8.20. The minimum Gasteiger partial charge on any atom is -0.481 e. The number of esters is 1. The molecule has 4 aromatic carbocycles. The van der Waals surface area contributed by atoms with Gasteiger partial charge >= 0.3 is 5.97 Å². The minimum atomic E-state index is -0.926. The van der Waals surface area contributed by atoms with Crippen LogP contribution < -0.4 is 14.9 Å². The lowest BCUT2D eigenvalue weighted by molar-refractivity contribution is -0.384. The molecule has 4 aromatic rings. The van der Waals surface area contributed by atoms with E-state index in [-0.39, 0.29) is 5.69 Å². The fourth-order valence-electron chi connectivity index (χ4n) is 3.58. The van der Waals surface area contributed by atoms with E-state index in [1.54, 1.807) is 24.3 Å². The average molecular weight is 498 g/mol. The van der Waals surface area contributed by atoms with E-state index >= 15 is 0 Å². The number of nitrogens with zero attached hydrogens (tertiary/aromatic N) is 2. The van der Waals surface area contributed by atoms with E-state index in [4.69, 9.17) is 9.47 Å². The summed E-state index contributed by atoms with van der Waals surface area (Å²) in [6, 6.07) is 23.5. The molecule has 0 fully saturated rings. The Morgan fingerprint density at radius 3 is 2.49 bits per heavy atom. The molecule has 0 bridgehead atoms. The van der Waals surface area contributed by atoms with Gasteiger partial charge in [-0.15, -0.1) is 0 Å². The van der Waals surface area contributed by atoms with Crippen LogP contribution in [0.25, 0.3) is 10.8 Å². The fraction of sp³-hybridized carbons (Fsp3) is 0.107. The Balaban J connectivity index is 1.50. The van der Waals surface area contributed by atoms with E-state index in [9.17, 15) is 19.7 Å². The molecule has 9 nitrogen and oxygen atoms in total. The third kappa shape index (κ3) is 6.15. The highest BCUT2D eigenvalue weighted by Crippen LogP contribution is 2.27. The smallest absolute Gasteiger partial charge is 0.343 e. The molecule has 0 aliphatic rings. The van der Waals surface area contributed by atoms with Crippen molar-refractivity contribution in [3.8, 4) is 11.5 Å². The van der Waals surface area contributed by atoms with Gasteiger partial charge in [0.1, 0.15) is 11.5 Å². The zero-order valence-electron chi connectivity index (χ0n) is 20.1.